The fourth-order valence-corrected chi connectivity index (χ4v) is 2.13. The highest BCUT2D eigenvalue weighted by Gasteiger charge is 2.30. The second-order valence-electron chi connectivity index (χ2n) is 4.77. The number of nitrogens with zero attached hydrogens (tertiary/aromatic N) is 3. The van der Waals surface area contributed by atoms with Crippen LogP contribution in [0.3, 0.4) is 0 Å². The fourth-order valence-electron chi connectivity index (χ4n) is 2.13. The summed E-state index contributed by atoms with van der Waals surface area (Å²) >= 11 is 0. The molecule has 6 nitrogen and oxygen atoms in total. The molecule has 0 aromatic heterocycles. The number of hydrogen-bond donors (Lipinski definition) is 0. The number of nitriles is 1. The number of amides is 2. The Balaban J connectivity index is 2.04. The van der Waals surface area contributed by atoms with Gasteiger partial charge in [0.2, 0.25) is 11.8 Å². The lowest BCUT2D eigenvalue weighted by Gasteiger charge is -2.32. The third-order valence-corrected chi connectivity index (χ3v) is 3.41. The topological polar surface area (TPSA) is 81.5 Å². The van der Waals surface area contributed by atoms with Gasteiger partial charge in [-0.25, -0.2) is 0 Å². The highest BCUT2D eigenvalue weighted by atomic mass is 16.2. The molecule has 0 unspecified atom stereocenters. The lowest BCUT2D eigenvalue weighted by molar-refractivity contribution is -0.149. The van der Waals surface area contributed by atoms with E-state index in [9.17, 15) is 14.4 Å². The molecule has 1 fully saturated rings. The maximum absolute atomic E-state index is 12.1. The molecule has 1 aliphatic rings. The lowest BCUT2D eigenvalue weighted by atomic mass is 10.1. The van der Waals surface area contributed by atoms with Gasteiger partial charge in [0, 0.05) is 12.1 Å². The maximum atomic E-state index is 12.1. The van der Waals surface area contributed by atoms with Gasteiger partial charge in [0.25, 0.3) is 0 Å². The Morgan fingerprint density at radius 1 is 1.14 bits per heavy atom. The zero-order chi connectivity index (χ0) is 15.4. The molecule has 0 N–H and O–H groups in total. The van der Waals surface area contributed by atoms with Gasteiger partial charge in [0.05, 0.1) is 24.7 Å². The van der Waals surface area contributed by atoms with Crippen LogP contribution in [0.5, 0.6) is 0 Å². The van der Waals surface area contributed by atoms with E-state index in [2.05, 4.69) is 0 Å². The van der Waals surface area contributed by atoms with Crippen LogP contribution in [0, 0.1) is 11.3 Å². The lowest BCUT2D eigenvalue weighted by Crippen LogP contribution is -2.54. The van der Waals surface area contributed by atoms with Crippen molar-refractivity contribution in [3.63, 3.8) is 0 Å². The van der Waals surface area contributed by atoms with Gasteiger partial charge in [0.1, 0.15) is 6.54 Å². The van der Waals surface area contributed by atoms with Crippen molar-refractivity contribution in [1.29, 1.82) is 5.26 Å². The summed E-state index contributed by atoms with van der Waals surface area (Å²) in [4.78, 5) is 38.5. The third-order valence-electron chi connectivity index (χ3n) is 3.41. The number of carbonyl (C=O) groups is 3. The van der Waals surface area contributed by atoms with Crippen LogP contribution in [0.15, 0.2) is 24.3 Å². The average Bonchev–Trinajstić information content (AvgIpc) is 2.50. The summed E-state index contributed by atoms with van der Waals surface area (Å²) < 4.78 is 0. The number of carbonyl (C=O) groups excluding carboxylic acids is 3. The Kier molecular flexibility index (Phi) is 4.33. The number of ketones is 1. The zero-order valence-electron chi connectivity index (χ0n) is 11.7. The van der Waals surface area contributed by atoms with Crippen molar-refractivity contribution < 1.29 is 14.4 Å². The normalized spacial score (nSPS) is 15.0. The molecule has 2 amide bonds. The minimum absolute atomic E-state index is 0.0238. The Morgan fingerprint density at radius 2 is 1.71 bits per heavy atom. The van der Waals surface area contributed by atoms with E-state index in [1.807, 2.05) is 13.0 Å². The maximum Gasteiger partial charge on any atom is 0.243 e. The van der Waals surface area contributed by atoms with Gasteiger partial charge in [-0.2, -0.15) is 5.26 Å². The van der Waals surface area contributed by atoms with Crippen LogP contribution < -0.4 is 0 Å². The van der Waals surface area contributed by atoms with Crippen molar-refractivity contribution in [2.24, 2.45) is 0 Å². The number of benzene rings is 1. The molecular weight excluding hydrogens is 270 g/mol. The van der Waals surface area contributed by atoms with Crippen molar-refractivity contribution in [2.75, 3.05) is 26.2 Å². The molecule has 1 heterocycles. The molecule has 0 radical (unpaired) electrons. The van der Waals surface area contributed by atoms with Crippen LogP contribution in [0.4, 0.5) is 0 Å². The molecule has 0 bridgehead atoms. The molecule has 0 atom stereocenters. The summed E-state index contributed by atoms with van der Waals surface area (Å²) in [5.41, 5.74) is 0.890. The first-order valence-electron chi connectivity index (χ1n) is 6.64. The minimum Gasteiger partial charge on any atom is -0.332 e. The van der Waals surface area contributed by atoms with E-state index in [1.54, 1.807) is 24.3 Å². The van der Waals surface area contributed by atoms with Gasteiger partial charge in [-0.3, -0.25) is 14.4 Å². The molecule has 6 heteroatoms. The quantitative estimate of drug-likeness (QED) is 0.751. The van der Waals surface area contributed by atoms with Gasteiger partial charge in [0.15, 0.2) is 5.78 Å². The number of piperazine rings is 1. The van der Waals surface area contributed by atoms with Crippen LogP contribution in [0.25, 0.3) is 0 Å². The van der Waals surface area contributed by atoms with Gasteiger partial charge >= 0.3 is 0 Å². The fraction of sp³-hybridized carbons (Fsp3) is 0.333. The Labute approximate surface area is 122 Å². The predicted octanol–water partition coefficient (Wildman–Crippen LogP) is 0.432. The molecule has 0 saturated carbocycles. The van der Waals surface area contributed by atoms with Crippen molar-refractivity contribution in [3.8, 4) is 6.07 Å². The standard InChI is InChI=1S/C15H15N3O3/c1-2-17-9-15(21)18(10-14(17)20)8-13(19)12-5-3-11(7-16)4-6-12/h3-6H,2,8-10H2,1H3. The number of Topliss-reactive ketones (excluding diaryl/α,β-unsaturated/α-hetero) is 1. The Bertz CT molecular complexity index is 616. The third kappa shape index (κ3) is 3.26. The first-order chi connectivity index (χ1) is 10.0. The number of likely N-dealkylation sites (N-methyl/N-ethyl adjacent to an activating group) is 1. The molecule has 1 aromatic carbocycles. The Hall–Kier alpha value is -2.68. The second-order valence-corrected chi connectivity index (χ2v) is 4.77. The summed E-state index contributed by atoms with van der Waals surface area (Å²) in [5.74, 6) is -0.617. The van der Waals surface area contributed by atoms with Gasteiger partial charge in [-0.05, 0) is 19.1 Å². The van der Waals surface area contributed by atoms with E-state index in [0.29, 0.717) is 17.7 Å². The zero-order valence-corrected chi connectivity index (χ0v) is 11.7. The highest BCUT2D eigenvalue weighted by molar-refractivity contribution is 6.01. The average molecular weight is 285 g/mol. The van der Waals surface area contributed by atoms with E-state index < -0.39 is 0 Å². The number of rotatable bonds is 4. The summed E-state index contributed by atoms with van der Waals surface area (Å²) in [6, 6.07) is 8.18. The van der Waals surface area contributed by atoms with Crippen LogP contribution in [0.2, 0.25) is 0 Å². The second kappa shape index (κ2) is 6.18. The SMILES string of the molecule is CCN1CC(=O)N(CC(=O)c2ccc(C#N)cc2)CC1=O. The van der Waals surface area contributed by atoms with Gasteiger partial charge in [-0.15, -0.1) is 0 Å². The first kappa shape index (κ1) is 14.7. The summed E-state index contributed by atoms with van der Waals surface area (Å²) in [6.45, 7) is 2.14. The van der Waals surface area contributed by atoms with Crippen molar-refractivity contribution in [1.82, 2.24) is 9.80 Å². The first-order valence-corrected chi connectivity index (χ1v) is 6.64. The molecule has 1 aliphatic heterocycles. The van der Waals surface area contributed by atoms with Crippen LogP contribution >= 0.6 is 0 Å². The molecule has 0 spiro atoms. The molecule has 0 aliphatic carbocycles. The smallest absolute Gasteiger partial charge is 0.243 e. The van der Waals surface area contributed by atoms with Gasteiger partial charge in [-0.1, -0.05) is 12.1 Å². The monoisotopic (exact) mass is 285 g/mol. The van der Waals surface area contributed by atoms with Crippen molar-refractivity contribution in [3.05, 3.63) is 35.4 Å². The summed E-state index contributed by atoms with van der Waals surface area (Å²) in [5, 5.41) is 8.71. The number of hydrogen-bond acceptors (Lipinski definition) is 4. The molecule has 21 heavy (non-hydrogen) atoms. The van der Waals surface area contributed by atoms with Crippen LogP contribution in [0.1, 0.15) is 22.8 Å². The molecule has 2 rings (SSSR count). The molecule has 108 valence electrons. The van der Waals surface area contributed by atoms with E-state index in [-0.39, 0.29) is 37.2 Å². The van der Waals surface area contributed by atoms with E-state index in [0.717, 1.165) is 0 Å². The molecule has 1 aromatic rings. The van der Waals surface area contributed by atoms with E-state index in [1.165, 1.54) is 9.80 Å². The van der Waals surface area contributed by atoms with Crippen molar-refractivity contribution in [2.45, 2.75) is 6.92 Å². The highest BCUT2D eigenvalue weighted by Crippen LogP contribution is 2.09. The minimum atomic E-state index is -0.245. The van der Waals surface area contributed by atoms with E-state index in [4.69, 9.17) is 5.26 Å². The van der Waals surface area contributed by atoms with E-state index >= 15 is 0 Å². The Morgan fingerprint density at radius 3 is 2.29 bits per heavy atom. The molecule has 1 saturated heterocycles. The van der Waals surface area contributed by atoms with Crippen LogP contribution in [-0.4, -0.2) is 53.6 Å². The largest absolute Gasteiger partial charge is 0.332 e. The van der Waals surface area contributed by atoms with Crippen LogP contribution in [-0.2, 0) is 9.59 Å². The molecular formula is C15H15N3O3. The predicted molar refractivity (Wildman–Crippen MR) is 74.3 cm³/mol. The van der Waals surface area contributed by atoms with Crippen molar-refractivity contribution >= 4 is 17.6 Å². The van der Waals surface area contributed by atoms with Gasteiger partial charge < -0.3 is 9.80 Å². The summed E-state index contributed by atoms with van der Waals surface area (Å²) in [7, 11) is 0. The summed E-state index contributed by atoms with van der Waals surface area (Å²) in [6.07, 6.45) is 0.